The molecule has 31 heavy (non-hydrogen) atoms. The van der Waals surface area contributed by atoms with Crippen LogP contribution in [0.15, 0.2) is 36.4 Å². The molecule has 1 saturated heterocycles. The molecule has 2 aromatic rings. The molecule has 9 heteroatoms. The summed E-state index contributed by atoms with van der Waals surface area (Å²) >= 11 is 0. The van der Waals surface area contributed by atoms with Crippen molar-refractivity contribution < 1.29 is 33.3 Å². The number of methoxy groups -OCH3 is 4. The Kier molecular flexibility index (Phi) is 6.64. The SMILES string of the molecule is COC(=O)c1cc(OC)c(OC)cc1NC(=O)[C@H]1CC(=O)N(c2ccccc2OC)C1. The molecule has 2 amide bonds. The van der Waals surface area contributed by atoms with Crippen molar-refractivity contribution in [1.29, 1.82) is 0 Å². The summed E-state index contributed by atoms with van der Waals surface area (Å²) in [5.74, 6) is -0.647. The van der Waals surface area contributed by atoms with E-state index in [2.05, 4.69) is 5.32 Å². The van der Waals surface area contributed by atoms with Crippen LogP contribution in [0, 0.1) is 5.92 Å². The van der Waals surface area contributed by atoms with Gasteiger partial charge < -0.3 is 29.2 Å². The van der Waals surface area contributed by atoms with Crippen molar-refractivity contribution in [3.63, 3.8) is 0 Å². The van der Waals surface area contributed by atoms with E-state index in [1.165, 1.54) is 45.5 Å². The van der Waals surface area contributed by atoms with Crippen molar-refractivity contribution in [3.8, 4) is 17.2 Å². The highest BCUT2D eigenvalue weighted by Gasteiger charge is 2.36. The molecule has 0 unspecified atom stereocenters. The summed E-state index contributed by atoms with van der Waals surface area (Å²) in [5, 5.41) is 2.73. The van der Waals surface area contributed by atoms with Crippen LogP contribution in [0.2, 0.25) is 0 Å². The van der Waals surface area contributed by atoms with Gasteiger partial charge in [-0.15, -0.1) is 0 Å². The maximum Gasteiger partial charge on any atom is 0.340 e. The first-order valence-corrected chi connectivity index (χ1v) is 9.52. The second-order valence-corrected chi connectivity index (χ2v) is 6.81. The Morgan fingerprint density at radius 2 is 1.61 bits per heavy atom. The van der Waals surface area contributed by atoms with Crippen LogP contribution in [0.4, 0.5) is 11.4 Å². The van der Waals surface area contributed by atoms with E-state index in [1.54, 1.807) is 24.3 Å². The molecule has 1 aliphatic rings. The van der Waals surface area contributed by atoms with Crippen molar-refractivity contribution in [2.24, 2.45) is 5.92 Å². The van der Waals surface area contributed by atoms with Gasteiger partial charge in [0, 0.05) is 25.1 Å². The lowest BCUT2D eigenvalue weighted by molar-refractivity contribution is -0.122. The first-order chi connectivity index (χ1) is 14.9. The molecule has 1 fully saturated rings. The third kappa shape index (κ3) is 4.40. The number of carbonyl (C=O) groups excluding carboxylic acids is 3. The van der Waals surface area contributed by atoms with E-state index >= 15 is 0 Å². The van der Waals surface area contributed by atoms with Gasteiger partial charge in [0.15, 0.2) is 11.5 Å². The molecule has 164 valence electrons. The standard InChI is InChI=1S/C22H24N2O7/c1-28-17-8-6-5-7-16(17)24-12-13(9-20(24)25)21(26)23-15-11-19(30-3)18(29-2)10-14(15)22(27)31-4/h5-8,10-11,13H,9,12H2,1-4H3,(H,23,26)/t13-/m0/s1. The van der Waals surface area contributed by atoms with E-state index in [9.17, 15) is 14.4 Å². The molecule has 1 atom stereocenters. The van der Waals surface area contributed by atoms with Gasteiger partial charge in [-0.25, -0.2) is 4.79 Å². The number of anilines is 2. The van der Waals surface area contributed by atoms with Crippen LogP contribution in [0.3, 0.4) is 0 Å². The van der Waals surface area contributed by atoms with Gasteiger partial charge in [0.2, 0.25) is 11.8 Å². The predicted octanol–water partition coefficient (Wildman–Crippen LogP) is 2.49. The summed E-state index contributed by atoms with van der Waals surface area (Å²) < 4.78 is 20.6. The molecule has 0 saturated carbocycles. The van der Waals surface area contributed by atoms with Crippen LogP contribution in [-0.2, 0) is 14.3 Å². The lowest BCUT2D eigenvalue weighted by Crippen LogP contribution is -2.28. The first kappa shape index (κ1) is 21.9. The summed E-state index contributed by atoms with van der Waals surface area (Å²) in [6.07, 6.45) is 0.0325. The Bertz CT molecular complexity index is 1010. The Balaban J connectivity index is 1.85. The third-order valence-electron chi connectivity index (χ3n) is 5.06. The molecule has 0 aromatic heterocycles. The largest absolute Gasteiger partial charge is 0.495 e. The van der Waals surface area contributed by atoms with Crippen LogP contribution >= 0.6 is 0 Å². The molecule has 1 aliphatic heterocycles. The minimum atomic E-state index is -0.644. The molecule has 0 radical (unpaired) electrons. The maximum absolute atomic E-state index is 13.0. The molecule has 1 N–H and O–H groups in total. The highest BCUT2D eigenvalue weighted by atomic mass is 16.5. The quantitative estimate of drug-likeness (QED) is 0.676. The van der Waals surface area contributed by atoms with E-state index in [0.29, 0.717) is 22.9 Å². The van der Waals surface area contributed by atoms with Crippen LogP contribution in [0.5, 0.6) is 17.2 Å². The molecule has 0 bridgehead atoms. The molecule has 0 spiro atoms. The second-order valence-electron chi connectivity index (χ2n) is 6.81. The van der Waals surface area contributed by atoms with E-state index in [0.717, 1.165) is 0 Å². The van der Waals surface area contributed by atoms with Gasteiger partial charge in [-0.3, -0.25) is 9.59 Å². The van der Waals surface area contributed by atoms with Crippen molar-refractivity contribution in [2.75, 3.05) is 45.2 Å². The number of nitrogens with one attached hydrogen (secondary N) is 1. The van der Waals surface area contributed by atoms with Crippen molar-refractivity contribution >= 4 is 29.2 Å². The van der Waals surface area contributed by atoms with E-state index in [1.807, 2.05) is 0 Å². The fourth-order valence-electron chi connectivity index (χ4n) is 3.46. The number of hydrogen-bond donors (Lipinski definition) is 1. The van der Waals surface area contributed by atoms with E-state index < -0.39 is 17.8 Å². The average molecular weight is 428 g/mol. The van der Waals surface area contributed by atoms with Gasteiger partial charge in [-0.2, -0.15) is 0 Å². The Labute approximate surface area is 179 Å². The summed E-state index contributed by atoms with van der Waals surface area (Å²) in [7, 11) is 5.65. The molecular formula is C22H24N2O7. The van der Waals surface area contributed by atoms with E-state index in [-0.39, 0.29) is 30.1 Å². The minimum Gasteiger partial charge on any atom is -0.495 e. The summed E-state index contributed by atoms with van der Waals surface area (Å²) in [4.78, 5) is 39.3. The Hall–Kier alpha value is -3.75. The zero-order valence-corrected chi connectivity index (χ0v) is 17.8. The average Bonchev–Trinajstić information content (AvgIpc) is 3.19. The van der Waals surface area contributed by atoms with Gasteiger partial charge >= 0.3 is 5.97 Å². The van der Waals surface area contributed by atoms with Gasteiger partial charge in [0.25, 0.3) is 0 Å². The van der Waals surface area contributed by atoms with Gasteiger partial charge in [-0.1, -0.05) is 12.1 Å². The number of esters is 1. The van der Waals surface area contributed by atoms with Crippen LogP contribution < -0.4 is 24.4 Å². The number of para-hydroxylation sites is 2. The molecular weight excluding hydrogens is 404 g/mol. The van der Waals surface area contributed by atoms with Crippen molar-refractivity contribution in [2.45, 2.75) is 6.42 Å². The predicted molar refractivity (Wildman–Crippen MR) is 113 cm³/mol. The highest BCUT2D eigenvalue weighted by molar-refractivity contribution is 6.07. The number of benzene rings is 2. The lowest BCUT2D eigenvalue weighted by atomic mass is 10.1. The second kappa shape index (κ2) is 9.38. The summed E-state index contributed by atoms with van der Waals surface area (Å²) in [6.45, 7) is 0.186. The van der Waals surface area contributed by atoms with E-state index in [4.69, 9.17) is 18.9 Å². The first-order valence-electron chi connectivity index (χ1n) is 9.52. The molecule has 1 heterocycles. The van der Waals surface area contributed by atoms with Crippen LogP contribution in [-0.4, -0.2) is 52.8 Å². The van der Waals surface area contributed by atoms with Gasteiger partial charge in [0.05, 0.1) is 51.3 Å². The van der Waals surface area contributed by atoms with Crippen molar-refractivity contribution in [1.82, 2.24) is 0 Å². The third-order valence-corrected chi connectivity index (χ3v) is 5.06. The fraction of sp³-hybridized carbons (Fsp3) is 0.318. The van der Waals surface area contributed by atoms with Crippen molar-refractivity contribution in [3.05, 3.63) is 42.0 Å². The number of ether oxygens (including phenoxy) is 4. The molecule has 3 rings (SSSR count). The highest BCUT2D eigenvalue weighted by Crippen LogP contribution is 2.36. The minimum absolute atomic E-state index is 0.0325. The summed E-state index contributed by atoms with van der Waals surface area (Å²) in [5.41, 5.74) is 0.920. The fourth-order valence-corrected chi connectivity index (χ4v) is 3.46. The maximum atomic E-state index is 13.0. The number of rotatable bonds is 7. The topological polar surface area (TPSA) is 103 Å². The smallest absolute Gasteiger partial charge is 0.340 e. The number of amides is 2. The normalized spacial score (nSPS) is 15.4. The molecule has 9 nitrogen and oxygen atoms in total. The molecule has 2 aromatic carbocycles. The Morgan fingerprint density at radius 1 is 0.968 bits per heavy atom. The summed E-state index contributed by atoms with van der Waals surface area (Å²) in [6, 6.07) is 10.0. The van der Waals surface area contributed by atoms with Gasteiger partial charge in [-0.05, 0) is 12.1 Å². The van der Waals surface area contributed by atoms with Gasteiger partial charge in [0.1, 0.15) is 5.75 Å². The van der Waals surface area contributed by atoms with Crippen LogP contribution in [0.1, 0.15) is 16.8 Å². The number of hydrogen-bond acceptors (Lipinski definition) is 7. The number of carbonyl (C=O) groups is 3. The Morgan fingerprint density at radius 3 is 2.26 bits per heavy atom. The zero-order valence-electron chi connectivity index (χ0n) is 17.8. The number of nitrogens with zero attached hydrogens (tertiary/aromatic N) is 1. The lowest BCUT2D eigenvalue weighted by Gasteiger charge is -2.19. The molecule has 0 aliphatic carbocycles. The van der Waals surface area contributed by atoms with Crippen LogP contribution in [0.25, 0.3) is 0 Å². The zero-order chi connectivity index (χ0) is 22.5. The monoisotopic (exact) mass is 428 g/mol.